The molecule has 1 aromatic heterocycles. The molecular formula is C28H33N3O3S. The van der Waals surface area contributed by atoms with Crippen LogP contribution in [0, 0.1) is 0 Å². The Morgan fingerprint density at radius 3 is 2.60 bits per heavy atom. The maximum Gasteiger partial charge on any atom is 0.254 e. The van der Waals surface area contributed by atoms with Gasteiger partial charge in [0.05, 0.1) is 18.6 Å². The number of fused-ring (bicyclic) bond motifs is 1. The number of carbonyl (C=O) groups excluding carboxylic acids is 2. The molecule has 3 aromatic rings. The lowest BCUT2D eigenvalue weighted by molar-refractivity contribution is -0.124. The van der Waals surface area contributed by atoms with Crippen LogP contribution >= 0.6 is 11.3 Å². The van der Waals surface area contributed by atoms with Crippen LogP contribution in [0.25, 0.3) is 0 Å². The molecule has 4 rings (SSSR count). The molecule has 35 heavy (non-hydrogen) atoms. The van der Waals surface area contributed by atoms with E-state index in [1.165, 1.54) is 5.56 Å². The van der Waals surface area contributed by atoms with Gasteiger partial charge in [-0.15, -0.1) is 11.3 Å². The fourth-order valence-electron chi connectivity index (χ4n) is 4.73. The minimum atomic E-state index is -0.471. The number of thiophene rings is 1. The highest BCUT2D eigenvalue weighted by Gasteiger charge is 2.44. The molecule has 0 aliphatic carbocycles. The molecule has 0 saturated carbocycles. The number of hydrogen-bond donors (Lipinski definition) is 1. The minimum Gasteiger partial charge on any atom is -0.383 e. The Balaban J connectivity index is 1.47. The van der Waals surface area contributed by atoms with E-state index in [2.05, 4.69) is 41.5 Å². The molecule has 2 aromatic carbocycles. The van der Waals surface area contributed by atoms with E-state index in [1.807, 2.05) is 47.8 Å². The van der Waals surface area contributed by atoms with Gasteiger partial charge < -0.3 is 19.9 Å². The molecule has 2 unspecified atom stereocenters. The first-order valence-electron chi connectivity index (χ1n) is 12.0. The third kappa shape index (κ3) is 5.99. The van der Waals surface area contributed by atoms with Crippen molar-refractivity contribution in [3.8, 4) is 0 Å². The van der Waals surface area contributed by atoms with E-state index in [1.54, 1.807) is 23.3 Å². The van der Waals surface area contributed by atoms with Gasteiger partial charge in [0.2, 0.25) is 5.91 Å². The Hall–Kier alpha value is -3.00. The zero-order valence-corrected chi connectivity index (χ0v) is 21.2. The van der Waals surface area contributed by atoms with Crippen molar-refractivity contribution in [1.82, 2.24) is 15.1 Å². The third-order valence-corrected chi connectivity index (χ3v) is 7.35. The number of hydrogen-bond acceptors (Lipinski definition) is 5. The van der Waals surface area contributed by atoms with Crippen LogP contribution in [0.15, 0.2) is 72.1 Å². The Labute approximate surface area is 211 Å². The maximum atomic E-state index is 13.6. The van der Waals surface area contributed by atoms with Gasteiger partial charge in [-0.2, -0.15) is 0 Å². The highest BCUT2D eigenvalue weighted by Crippen LogP contribution is 2.44. The van der Waals surface area contributed by atoms with Gasteiger partial charge in [0.25, 0.3) is 5.91 Å². The van der Waals surface area contributed by atoms with Crippen molar-refractivity contribution >= 4 is 23.2 Å². The molecule has 1 aliphatic rings. The van der Waals surface area contributed by atoms with E-state index in [4.69, 9.17) is 4.74 Å². The summed E-state index contributed by atoms with van der Waals surface area (Å²) in [6.45, 7) is 3.18. The second-order valence-electron chi connectivity index (χ2n) is 8.88. The van der Waals surface area contributed by atoms with Crippen molar-refractivity contribution in [2.75, 3.05) is 40.4 Å². The number of carbonyl (C=O) groups is 2. The van der Waals surface area contributed by atoms with Gasteiger partial charge in [0.1, 0.15) is 0 Å². The van der Waals surface area contributed by atoms with E-state index in [-0.39, 0.29) is 17.9 Å². The van der Waals surface area contributed by atoms with Crippen molar-refractivity contribution in [1.29, 1.82) is 0 Å². The van der Waals surface area contributed by atoms with Crippen LogP contribution in [0.3, 0.4) is 0 Å². The highest BCUT2D eigenvalue weighted by atomic mass is 32.1. The average Bonchev–Trinajstić information content (AvgIpc) is 3.41. The summed E-state index contributed by atoms with van der Waals surface area (Å²) in [4.78, 5) is 32.1. The lowest BCUT2D eigenvalue weighted by Gasteiger charge is -2.41. The zero-order chi connectivity index (χ0) is 24.6. The third-order valence-electron chi connectivity index (χ3n) is 6.40. The van der Waals surface area contributed by atoms with Gasteiger partial charge in [0, 0.05) is 37.2 Å². The largest absolute Gasteiger partial charge is 0.383 e. The lowest BCUT2D eigenvalue weighted by Crippen LogP contribution is -2.48. The molecule has 1 aliphatic heterocycles. The normalized spacial score (nSPS) is 17.5. The summed E-state index contributed by atoms with van der Waals surface area (Å²) in [6, 6.07) is 21.5. The van der Waals surface area contributed by atoms with Crippen LogP contribution in [-0.4, -0.2) is 62.0 Å². The topological polar surface area (TPSA) is 61.9 Å². The zero-order valence-electron chi connectivity index (χ0n) is 20.4. The summed E-state index contributed by atoms with van der Waals surface area (Å²) in [5, 5.41) is 5.16. The summed E-state index contributed by atoms with van der Waals surface area (Å²) >= 11 is 1.58. The van der Waals surface area contributed by atoms with Crippen LogP contribution < -0.4 is 5.32 Å². The molecule has 0 radical (unpaired) electrons. The predicted molar refractivity (Wildman–Crippen MR) is 140 cm³/mol. The molecule has 0 bridgehead atoms. The predicted octanol–water partition coefficient (Wildman–Crippen LogP) is 4.31. The number of rotatable bonds is 11. The van der Waals surface area contributed by atoms with Crippen LogP contribution in [0.1, 0.15) is 44.7 Å². The lowest BCUT2D eigenvalue weighted by atomic mass is 9.81. The monoisotopic (exact) mass is 491 g/mol. The Bertz CT molecular complexity index is 1100. The molecule has 6 nitrogen and oxygen atoms in total. The van der Waals surface area contributed by atoms with Gasteiger partial charge in [0.15, 0.2) is 0 Å². The molecule has 7 heteroatoms. The van der Waals surface area contributed by atoms with Crippen molar-refractivity contribution in [3.63, 3.8) is 0 Å². The van der Waals surface area contributed by atoms with E-state index in [9.17, 15) is 9.59 Å². The van der Waals surface area contributed by atoms with Crippen molar-refractivity contribution in [2.45, 2.75) is 24.9 Å². The fraction of sp³-hybridized carbons (Fsp3) is 0.357. The number of amides is 2. The van der Waals surface area contributed by atoms with E-state index in [0.29, 0.717) is 25.3 Å². The number of ether oxygens (including phenoxy) is 1. The smallest absolute Gasteiger partial charge is 0.254 e. The number of benzene rings is 2. The number of nitrogens with zero attached hydrogens (tertiary/aromatic N) is 2. The molecular weight excluding hydrogens is 458 g/mol. The number of methoxy groups -OCH3 is 1. The van der Waals surface area contributed by atoms with Gasteiger partial charge in [-0.05, 0) is 48.7 Å². The van der Waals surface area contributed by atoms with Crippen molar-refractivity contribution in [2.24, 2.45) is 0 Å². The van der Waals surface area contributed by atoms with E-state index >= 15 is 0 Å². The molecule has 2 amide bonds. The second kappa shape index (κ2) is 12.1. The van der Waals surface area contributed by atoms with Crippen molar-refractivity contribution in [3.05, 3.63) is 93.7 Å². The van der Waals surface area contributed by atoms with Crippen LogP contribution in [0.4, 0.5) is 0 Å². The quantitative estimate of drug-likeness (QED) is 0.406. The van der Waals surface area contributed by atoms with E-state index < -0.39 is 5.92 Å². The van der Waals surface area contributed by atoms with Gasteiger partial charge >= 0.3 is 0 Å². The van der Waals surface area contributed by atoms with Crippen LogP contribution in [0.5, 0.6) is 0 Å². The Morgan fingerprint density at radius 2 is 1.86 bits per heavy atom. The molecule has 1 N–H and O–H groups in total. The molecule has 0 fully saturated rings. The number of nitrogens with one attached hydrogen (secondary N) is 1. The Kier molecular flexibility index (Phi) is 8.69. The maximum absolute atomic E-state index is 13.6. The van der Waals surface area contributed by atoms with Gasteiger partial charge in [-0.3, -0.25) is 9.59 Å². The first kappa shape index (κ1) is 25.1. The standard InChI is InChI=1S/C28H33N3O3S/c1-30(20-21-10-4-3-5-11-21)16-9-15-29-27(32)25-22-12-6-7-13-23(22)28(33)31(17-18-34-2)26(25)24-14-8-19-35-24/h3-8,10-14,19,25-26H,9,15-18,20H2,1-2H3,(H,29,32). The minimum absolute atomic E-state index is 0.0449. The van der Waals surface area contributed by atoms with E-state index in [0.717, 1.165) is 30.0 Å². The van der Waals surface area contributed by atoms with Crippen LogP contribution in [-0.2, 0) is 16.1 Å². The SMILES string of the molecule is COCCN1C(=O)c2ccccc2C(C(=O)NCCCN(C)Cc2ccccc2)C1c1cccs1. The van der Waals surface area contributed by atoms with Crippen molar-refractivity contribution < 1.29 is 14.3 Å². The second-order valence-corrected chi connectivity index (χ2v) is 9.86. The summed E-state index contributed by atoms with van der Waals surface area (Å²) in [6.07, 6.45) is 0.847. The molecule has 184 valence electrons. The van der Waals surface area contributed by atoms with Crippen LogP contribution in [0.2, 0.25) is 0 Å². The van der Waals surface area contributed by atoms with Gasteiger partial charge in [-0.1, -0.05) is 54.6 Å². The van der Waals surface area contributed by atoms with Gasteiger partial charge in [-0.25, -0.2) is 0 Å². The average molecular weight is 492 g/mol. The molecule has 0 saturated heterocycles. The fourth-order valence-corrected chi connectivity index (χ4v) is 5.61. The molecule has 2 atom stereocenters. The summed E-state index contributed by atoms with van der Waals surface area (Å²) < 4.78 is 5.29. The molecule has 2 heterocycles. The molecule has 0 spiro atoms. The summed E-state index contributed by atoms with van der Waals surface area (Å²) in [5.41, 5.74) is 2.67. The Morgan fingerprint density at radius 1 is 1.09 bits per heavy atom. The highest BCUT2D eigenvalue weighted by molar-refractivity contribution is 7.10. The first-order valence-corrected chi connectivity index (χ1v) is 12.9. The first-order chi connectivity index (χ1) is 17.1. The summed E-state index contributed by atoms with van der Waals surface area (Å²) in [7, 11) is 3.72. The summed E-state index contributed by atoms with van der Waals surface area (Å²) in [5.74, 6) is -0.569.